The topological polar surface area (TPSA) is 49.4 Å². The number of benzene rings is 2. The second kappa shape index (κ2) is 9.64. The normalized spacial score (nSPS) is 15.3. The van der Waals surface area contributed by atoms with Crippen LogP contribution in [-0.2, 0) is 0 Å². The molecule has 1 unspecified atom stereocenters. The predicted octanol–water partition coefficient (Wildman–Crippen LogP) is 9.68. The molecule has 0 radical (unpaired) electrons. The van der Waals surface area contributed by atoms with Crippen molar-refractivity contribution in [1.82, 2.24) is 0 Å². The van der Waals surface area contributed by atoms with Crippen LogP contribution in [-0.4, -0.2) is 17.9 Å². The van der Waals surface area contributed by atoms with Crippen molar-refractivity contribution >= 4 is 23.1 Å². The number of aryl methyl sites for hydroxylation is 6. The van der Waals surface area contributed by atoms with E-state index in [1.54, 1.807) is 4.90 Å². The van der Waals surface area contributed by atoms with Crippen LogP contribution in [0.15, 0.2) is 84.9 Å². The van der Waals surface area contributed by atoms with Gasteiger partial charge in [0.1, 0.15) is 0 Å². The minimum atomic E-state index is -0.745. The highest BCUT2D eigenvalue weighted by Crippen LogP contribution is 2.49. The van der Waals surface area contributed by atoms with Crippen LogP contribution in [0.4, 0.5) is 11.4 Å². The number of nitrogens with one attached hydrogen (secondary N) is 1. The standard InChI is InChI=1S/C41H34N2O2/c1-21-15-25(5)36(26(6)16-21)28-8-10-30-20-35-38(32(30)14-12-28)39(44)40-42-34-19-29-9-7-27(33-18-23(3)22(2)17-24(33)4)11-13-31(29)37(34)41(45)43(35)40/h7-20,40,42H,1-6H3. The van der Waals surface area contributed by atoms with Crippen LogP contribution in [0.3, 0.4) is 0 Å². The summed E-state index contributed by atoms with van der Waals surface area (Å²) in [5.74, 6) is -0.213. The highest BCUT2D eigenvalue weighted by Gasteiger charge is 2.48. The molecule has 1 atom stereocenters. The summed E-state index contributed by atoms with van der Waals surface area (Å²) in [6.07, 6.45) is -0.745. The summed E-state index contributed by atoms with van der Waals surface area (Å²) in [6.45, 7) is 12.8. The van der Waals surface area contributed by atoms with E-state index in [9.17, 15) is 9.59 Å². The van der Waals surface area contributed by atoms with Gasteiger partial charge in [0.2, 0.25) is 5.78 Å². The number of carbonyl (C=O) groups excluding carboxylic acids is 2. The average molecular weight is 587 g/mol. The lowest BCUT2D eigenvalue weighted by atomic mass is 9.95. The predicted molar refractivity (Wildman–Crippen MR) is 184 cm³/mol. The molecule has 2 aliphatic heterocycles. The van der Waals surface area contributed by atoms with Gasteiger partial charge in [0.25, 0.3) is 5.91 Å². The molecule has 1 N–H and O–H groups in total. The third-order valence-electron chi connectivity index (χ3n) is 9.88. The SMILES string of the molecule is Cc1cc(C)c(-c2ccc3cc4c(c-3cc2)C(=O)C2Nc3cc5ccc(-c6cc(C)c(C)cc6C)ccc-5c3C(=O)N42)c(C)c1. The molecule has 8 rings (SSSR count). The van der Waals surface area contributed by atoms with Gasteiger partial charge in [-0.2, -0.15) is 0 Å². The molecule has 0 fully saturated rings. The van der Waals surface area contributed by atoms with Crippen LogP contribution in [0.5, 0.6) is 0 Å². The van der Waals surface area contributed by atoms with Gasteiger partial charge in [-0.1, -0.05) is 78.4 Å². The van der Waals surface area contributed by atoms with Crippen LogP contribution < -0.4 is 10.2 Å². The summed E-state index contributed by atoms with van der Waals surface area (Å²) in [5, 5.41) is 3.43. The molecule has 0 saturated heterocycles. The van der Waals surface area contributed by atoms with Crippen molar-refractivity contribution in [3.63, 3.8) is 0 Å². The Bertz CT molecular complexity index is 2180. The number of hydrogen-bond donors (Lipinski definition) is 1. The van der Waals surface area contributed by atoms with Gasteiger partial charge >= 0.3 is 0 Å². The third kappa shape index (κ3) is 3.98. The molecule has 6 aliphatic rings. The smallest absolute Gasteiger partial charge is 0.263 e. The summed E-state index contributed by atoms with van der Waals surface area (Å²) in [5.41, 5.74) is 18.4. The van der Waals surface area contributed by atoms with E-state index in [4.69, 9.17) is 0 Å². The Morgan fingerprint density at radius 1 is 0.511 bits per heavy atom. The van der Waals surface area contributed by atoms with E-state index >= 15 is 0 Å². The molecule has 0 spiro atoms. The second-order valence-corrected chi connectivity index (χ2v) is 12.9. The van der Waals surface area contributed by atoms with Crippen LogP contribution in [0.25, 0.3) is 44.5 Å². The molecule has 0 bridgehead atoms. The molecule has 2 aromatic rings. The fraction of sp³-hybridized carbons (Fsp3) is 0.171. The van der Waals surface area contributed by atoms with Gasteiger partial charge in [-0.3, -0.25) is 14.5 Å². The van der Waals surface area contributed by atoms with Crippen molar-refractivity contribution in [3.05, 3.63) is 129 Å². The molecule has 2 heterocycles. The van der Waals surface area contributed by atoms with Gasteiger partial charge in [0.15, 0.2) is 6.17 Å². The Morgan fingerprint density at radius 2 is 1.09 bits per heavy atom. The summed E-state index contributed by atoms with van der Waals surface area (Å²) in [7, 11) is 0. The second-order valence-electron chi connectivity index (χ2n) is 12.9. The van der Waals surface area contributed by atoms with Crippen molar-refractivity contribution in [2.75, 3.05) is 10.2 Å². The Labute approximate surface area is 264 Å². The summed E-state index contributed by atoms with van der Waals surface area (Å²) in [6, 6.07) is 29.6. The van der Waals surface area contributed by atoms with Crippen LogP contribution >= 0.6 is 0 Å². The lowest BCUT2D eigenvalue weighted by molar-refractivity contribution is 0.0918. The van der Waals surface area contributed by atoms with Gasteiger partial charge in [0, 0.05) is 0 Å². The summed E-state index contributed by atoms with van der Waals surface area (Å²) < 4.78 is 0. The minimum Gasteiger partial charge on any atom is -0.358 e. The Balaban J connectivity index is 1.20. The number of amides is 1. The molecule has 0 saturated carbocycles. The fourth-order valence-corrected chi connectivity index (χ4v) is 7.69. The average Bonchev–Trinajstić information content (AvgIpc) is 3.49. The van der Waals surface area contributed by atoms with Gasteiger partial charge < -0.3 is 5.32 Å². The first kappa shape index (κ1) is 27.3. The van der Waals surface area contributed by atoms with Crippen LogP contribution in [0.2, 0.25) is 0 Å². The van der Waals surface area contributed by atoms with Crippen molar-refractivity contribution in [2.45, 2.75) is 47.7 Å². The van der Waals surface area contributed by atoms with E-state index in [1.165, 1.54) is 44.5 Å². The Morgan fingerprint density at radius 3 is 1.82 bits per heavy atom. The van der Waals surface area contributed by atoms with Crippen molar-refractivity contribution in [3.8, 4) is 44.5 Å². The van der Waals surface area contributed by atoms with Crippen LogP contribution in [0.1, 0.15) is 54.1 Å². The molecule has 45 heavy (non-hydrogen) atoms. The first-order valence-corrected chi connectivity index (χ1v) is 15.5. The monoisotopic (exact) mass is 586 g/mol. The van der Waals surface area contributed by atoms with Crippen molar-refractivity contribution in [2.24, 2.45) is 0 Å². The van der Waals surface area contributed by atoms with E-state index in [2.05, 4.69) is 114 Å². The zero-order chi connectivity index (χ0) is 31.3. The fourth-order valence-electron chi connectivity index (χ4n) is 7.69. The van der Waals surface area contributed by atoms with E-state index in [0.717, 1.165) is 33.4 Å². The number of carbonyl (C=O) groups is 2. The molecule has 0 aromatic heterocycles. The lowest BCUT2D eigenvalue weighted by Crippen LogP contribution is -2.49. The summed E-state index contributed by atoms with van der Waals surface area (Å²) in [4.78, 5) is 29.9. The largest absolute Gasteiger partial charge is 0.358 e. The maximum Gasteiger partial charge on any atom is 0.263 e. The maximum atomic E-state index is 14.3. The van der Waals surface area contributed by atoms with Crippen molar-refractivity contribution < 1.29 is 9.59 Å². The van der Waals surface area contributed by atoms with Crippen molar-refractivity contribution in [1.29, 1.82) is 0 Å². The first-order chi connectivity index (χ1) is 21.6. The number of anilines is 2. The van der Waals surface area contributed by atoms with Gasteiger partial charge in [-0.25, -0.2) is 0 Å². The quantitative estimate of drug-likeness (QED) is 0.220. The zero-order valence-electron chi connectivity index (χ0n) is 26.4. The number of nitrogens with zero attached hydrogens (tertiary/aromatic N) is 1. The molecular weight excluding hydrogens is 552 g/mol. The number of rotatable bonds is 2. The molecule has 4 nitrogen and oxygen atoms in total. The number of hydrogen-bond acceptors (Lipinski definition) is 3. The summed E-state index contributed by atoms with van der Waals surface area (Å²) >= 11 is 0. The molecule has 4 aliphatic carbocycles. The molecule has 4 heteroatoms. The van der Waals surface area contributed by atoms with Gasteiger partial charge in [-0.05, 0) is 126 Å². The first-order valence-electron chi connectivity index (χ1n) is 15.5. The number of Topliss-reactive ketones (excluding diaryl/α,β-unsaturated/α-hetero) is 1. The minimum absolute atomic E-state index is 0.0715. The van der Waals surface area contributed by atoms with Gasteiger partial charge in [0.05, 0.1) is 22.5 Å². The van der Waals surface area contributed by atoms with Crippen LogP contribution in [0, 0.1) is 41.5 Å². The molecular formula is C41H34N2O2. The van der Waals surface area contributed by atoms with E-state index in [-0.39, 0.29) is 11.7 Å². The highest BCUT2D eigenvalue weighted by molar-refractivity contribution is 6.29. The van der Waals surface area contributed by atoms with E-state index in [0.29, 0.717) is 22.5 Å². The number of ketones is 1. The highest BCUT2D eigenvalue weighted by atomic mass is 16.2. The molecule has 1 amide bonds. The van der Waals surface area contributed by atoms with Gasteiger partial charge in [-0.15, -0.1) is 0 Å². The number of fused-ring (bicyclic) bond motifs is 8. The maximum absolute atomic E-state index is 14.3. The Hall–Kier alpha value is -5.22. The third-order valence-corrected chi connectivity index (χ3v) is 9.88. The Kier molecular flexibility index (Phi) is 5.86. The molecule has 220 valence electrons. The molecule has 2 aromatic carbocycles. The zero-order valence-corrected chi connectivity index (χ0v) is 26.4. The lowest BCUT2D eigenvalue weighted by Gasteiger charge is -2.31. The van der Waals surface area contributed by atoms with E-state index < -0.39 is 6.17 Å². The van der Waals surface area contributed by atoms with E-state index in [1.807, 2.05) is 18.2 Å².